The third kappa shape index (κ3) is 7.02. The van der Waals surface area contributed by atoms with Gasteiger partial charge in [0.05, 0.1) is 6.61 Å². The largest absolute Gasteiger partial charge is 0.473 e. The molecule has 0 saturated carbocycles. The van der Waals surface area contributed by atoms with Gasteiger partial charge < -0.3 is 14.6 Å². The standard InChI is InChI=1S/C7H10O3.CHO2/c1-5(2)7(8)10-4-6-3-9-6;2-1-3/h6H,1,3-4H2,2H3;(H,2,3). The van der Waals surface area contributed by atoms with Crippen molar-refractivity contribution in [3.8, 4) is 0 Å². The van der Waals surface area contributed by atoms with Crippen molar-refractivity contribution in [3.05, 3.63) is 12.2 Å². The maximum absolute atomic E-state index is 10.7. The Balaban J connectivity index is 0.000000424. The minimum atomic E-state index is -0.337. The molecule has 1 atom stereocenters. The SMILES string of the molecule is C=C(C)C(=O)OCC1CO1.O=[C]O. The van der Waals surface area contributed by atoms with E-state index in [0.717, 1.165) is 0 Å². The molecule has 73 valence electrons. The second-order valence-electron chi connectivity index (χ2n) is 2.43. The van der Waals surface area contributed by atoms with Gasteiger partial charge in [0.1, 0.15) is 12.7 Å². The molecule has 0 spiro atoms. The summed E-state index contributed by atoms with van der Waals surface area (Å²) < 4.78 is 9.60. The number of hydrogen-bond donors (Lipinski definition) is 1. The third-order valence-corrected chi connectivity index (χ3v) is 1.15. The lowest BCUT2D eigenvalue weighted by Crippen LogP contribution is -2.09. The Bertz CT molecular complexity index is 195. The zero-order valence-electron chi connectivity index (χ0n) is 7.28. The summed E-state index contributed by atoms with van der Waals surface area (Å²) in [6.07, 6.45) is 0.142. The number of esters is 1. The Labute approximate surface area is 75.9 Å². The van der Waals surface area contributed by atoms with Gasteiger partial charge in [0.2, 0.25) is 0 Å². The molecule has 5 heteroatoms. The number of epoxide rings is 1. The zero-order valence-corrected chi connectivity index (χ0v) is 7.28. The quantitative estimate of drug-likeness (QED) is 0.385. The van der Waals surface area contributed by atoms with Crippen LogP contribution in [0.15, 0.2) is 12.2 Å². The molecule has 0 aromatic carbocycles. The van der Waals surface area contributed by atoms with Crippen molar-refractivity contribution in [3.63, 3.8) is 0 Å². The summed E-state index contributed by atoms with van der Waals surface area (Å²) in [6.45, 7) is 6.64. The maximum Gasteiger partial charge on any atom is 0.414 e. The first-order chi connectivity index (χ1) is 6.11. The average molecular weight is 187 g/mol. The second-order valence-corrected chi connectivity index (χ2v) is 2.43. The maximum atomic E-state index is 10.7. The Morgan fingerprint density at radius 3 is 2.62 bits per heavy atom. The van der Waals surface area contributed by atoms with Gasteiger partial charge in [-0.25, -0.2) is 9.59 Å². The molecule has 0 aromatic rings. The number of aliphatic hydroxyl groups excluding tert-OH is 1. The Kier molecular flexibility index (Phi) is 5.54. The van der Waals surface area contributed by atoms with Gasteiger partial charge in [-0.3, -0.25) is 0 Å². The number of ether oxygens (including phenoxy) is 2. The van der Waals surface area contributed by atoms with Gasteiger partial charge >= 0.3 is 12.4 Å². The van der Waals surface area contributed by atoms with Gasteiger partial charge in [-0.2, -0.15) is 0 Å². The lowest BCUT2D eigenvalue weighted by molar-refractivity contribution is -0.139. The normalized spacial score (nSPS) is 17.8. The minimum Gasteiger partial charge on any atom is -0.473 e. The van der Waals surface area contributed by atoms with Crippen molar-refractivity contribution >= 4 is 12.4 Å². The topological polar surface area (TPSA) is 76.1 Å². The van der Waals surface area contributed by atoms with Gasteiger partial charge in [0, 0.05) is 5.57 Å². The molecule has 1 N–H and O–H groups in total. The molecular formula is C8H11O5. The predicted octanol–water partition coefficient (Wildman–Crippen LogP) is 0.116. The van der Waals surface area contributed by atoms with Crippen molar-refractivity contribution in [2.24, 2.45) is 0 Å². The third-order valence-electron chi connectivity index (χ3n) is 1.15. The van der Waals surface area contributed by atoms with Crippen LogP contribution in [0.4, 0.5) is 0 Å². The summed E-state index contributed by atoms with van der Waals surface area (Å²) in [6, 6.07) is 0. The van der Waals surface area contributed by atoms with Crippen LogP contribution in [0.5, 0.6) is 0 Å². The molecule has 0 aromatic heterocycles. The second kappa shape index (κ2) is 6.19. The monoisotopic (exact) mass is 187 g/mol. The van der Waals surface area contributed by atoms with Crippen molar-refractivity contribution < 1.29 is 24.2 Å². The average Bonchev–Trinajstić information content (AvgIpc) is 2.84. The van der Waals surface area contributed by atoms with Crippen LogP contribution in [0, 0.1) is 0 Å². The summed E-state index contributed by atoms with van der Waals surface area (Å²) >= 11 is 0. The Morgan fingerprint density at radius 2 is 2.31 bits per heavy atom. The number of carbonyl (C=O) groups excluding carboxylic acids is 1. The number of hydrogen-bond acceptors (Lipinski definition) is 4. The fourth-order valence-electron chi connectivity index (χ4n) is 0.456. The van der Waals surface area contributed by atoms with Gasteiger partial charge in [-0.1, -0.05) is 6.58 Å². The van der Waals surface area contributed by atoms with Crippen molar-refractivity contribution in [2.45, 2.75) is 13.0 Å². The fraction of sp³-hybridized carbons (Fsp3) is 0.500. The van der Waals surface area contributed by atoms with E-state index in [-0.39, 0.29) is 12.1 Å². The van der Waals surface area contributed by atoms with E-state index in [1.165, 1.54) is 0 Å². The summed E-state index contributed by atoms with van der Waals surface area (Å²) in [5.41, 5.74) is 0.431. The highest BCUT2D eigenvalue weighted by Crippen LogP contribution is 2.09. The van der Waals surface area contributed by atoms with E-state index in [0.29, 0.717) is 25.3 Å². The van der Waals surface area contributed by atoms with Gasteiger partial charge in [-0.15, -0.1) is 0 Å². The Morgan fingerprint density at radius 1 is 1.85 bits per heavy atom. The zero-order chi connectivity index (χ0) is 10.3. The molecule has 0 bridgehead atoms. The molecule has 0 aliphatic carbocycles. The van der Waals surface area contributed by atoms with Crippen molar-refractivity contribution in [2.75, 3.05) is 13.2 Å². The molecular weight excluding hydrogens is 176 g/mol. The first-order valence-electron chi connectivity index (χ1n) is 3.57. The van der Waals surface area contributed by atoms with Crippen LogP contribution in [0.2, 0.25) is 0 Å². The summed E-state index contributed by atoms with van der Waals surface area (Å²) in [5, 5.41) is 6.76. The number of carbonyl (C=O) groups is 1. The van der Waals surface area contributed by atoms with E-state index in [1.54, 1.807) is 6.92 Å². The van der Waals surface area contributed by atoms with Gasteiger partial charge in [-0.05, 0) is 6.92 Å². The summed E-state index contributed by atoms with van der Waals surface area (Å²) in [7, 11) is 0. The van der Waals surface area contributed by atoms with Crippen LogP contribution < -0.4 is 0 Å². The van der Waals surface area contributed by atoms with Crippen LogP contribution in [0.3, 0.4) is 0 Å². The molecule has 1 aliphatic heterocycles. The van der Waals surface area contributed by atoms with Crippen LogP contribution in [-0.4, -0.2) is 36.9 Å². The summed E-state index contributed by atoms with van der Waals surface area (Å²) in [4.78, 5) is 18.9. The van der Waals surface area contributed by atoms with E-state index in [2.05, 4.69) is 6.58 Å². The van der Waals surface area contributed by atoms with Crippen molar-refractivity contribution in [1.82, 2.24) is 0 Å². The van der Waals surface area contributed by atoms with E-state index in [4.69, 9.17) is 19.4 Å². The highest BCUT2D eigenvalue weighted by molar-refractivity contribution is 5.86. The first kappa shape index (κ1) is 11.6. The fourth-order valence-corrected chi connectivity index (χ4v) is 0.456. The lowest BCUT2D eigenvalue weighted by atomic mass is 10.4. The van der Waals surface area contributed by atoms with E-state index >= 15 is 0 Å². The molecule has 1 rings (SSSR count). The Hall–Kier alpha value is -1.36. The van der Waals surface area contributed by atoms with Crippen LogP contribution in [0.1, 0.15) is 6.92 Å². The molecule has 1 radical (unpaired) electrons. The molecule has 1 heterocycles. The van der Waals surface area contributed by atoms with Gasteiger partial charge in [0.15, 0.2) is 0 Å². The first-order valence-corrected chi connectivity index (χ1v) is 3.57. The minimum absolute atomic E-state index is 0.142. The highest BCUT2D eigenvalue weighted by atomic mass is 16.6. The van der Waals surface area contributed by atoms with Crippen LogP contribution >= 0.6 is 0 Å². The van der Waals surface area contributed by atoms with E-state index in [1.807, 2.05) is 0 Å². The van der Waals surface area contributed by atoms with Gasteiger partial charge in [0.25, 0.3) is 0 Å². The lowest BCUT2D eigenvalue weighted by Gasteiger charge is -1.99. The van der Waals surface area contributed by atoms with E-state index < -0.39 is 0 Å². The molecule has 5 nitrogen and oxygen atoms in total. The summed E-state index contributed by atoms with van der Waals surface area (Å²) in [5.74, 6) is -0.337. The molecule has 1 unspecified atom stereocenters. The predicted molar refractivity (Wildman–Crippen MR) is 43.8 cm³/mol. The molecule has 1 fully saturated rings. The molecule has 13 heavy (non-hydrogen) atoms. The molecule has 1 aliphatic rings. The smallest absolute Gasteiger partial charge is 0.414 e. The molecule has 0 amide bonds. The molecule has 1 saturated heterocycles. The highest BCUT2D eigenvalue weighted by Gasteiger charge is 2.24. The number of rotatable bonds is 3. The van der Waals surface area contributed by atoms with Crippen molar-refractivity contribution in [1.29, 1.82) is 0 Å². The van der Waals surface area contributed by atoms with Crippen LogP contribution in [0.25, 0.3) is 0 Å². The van der Waals surface area contributed by atoms with Crippen LogP contribution in [-0.2, 0) is 19.1 Å². The van der Waals surface area contributed by atoms with E-state index in [9.17, 15) is 4.79 Å².